The van der Waals surface area contributed by atoms with E-state index in [9.17, 15) is 4.79 Å². The van der Waals surface area contributed by atoms with E-state index < -0.39 is 0 Å². The van der Waals surface area contributed by atoms with Crippen LogP contribution < -0.4 is 16.0 Å². The first-order valence-electron chi connectivity index (χ1n) is 9.85. The van der Waals surface area contributed by atoms with Crippen LogP contribution in [0.5, 0.6) is 0 Å². The topological polar surface area (TPSA) is 68.8 Å². The van der Waals surface area contributed by atoms with Gasteiger partial charge in [0, 0.05) is 49.2 Å². The maximum absolute atomic E-state index is 11.5. The molecule has 1 heterocycles. The summed E-state index contributed by atoms with van der Waals surface area (Å²) in [7, 11) is 1.69. The molecule has 0 aromatic heterocycles. The summed E-state index contributed by atoms with van der Waals surface area (Å²) in [6.07, 6.45) is 3.21. The molecule has 6 nitrogen and oxygen atoms in total. The number of rotatable bonds is 6. The average Bonchev–Trinajstić information content (AvgIpc) is 3.43. The third-order valence-electron chi connectivity index (χ3n) is 5.30. The van der Waals surface area contributed by atoms with Crippen LogP contribution in [0.2, 0.25) is 0 Å². The molecule has 1 aromatic carbocycles. The normalized spacial score (nSPS) is 22.9. The monoisotopic (exact) mass is 563 g/mol. The van der Waals surface area contributed by atoms with Crippen molar-refractivity contribution in [3.8, 4) is 0 Å². The molecular weight excluding hydrogens is 533 g/mol. The number of hydrogen-bond acceptors (Lipinski definition) is 3. The molecule has 1 aromatic rings. The summed E-state index contributed by atoms with van der Waals surface area (Å²) in [4.78, 5) is 18.4. The van der Waals surface area contributed by atoms with E-state index in [0.29, 0.717) is 24.5 Å². The van der Waals surface area contributed by atoms with Crippen molar-refractivity contribution < 1.29 is 4.79 Å². The zero-order valence-corrected chi connectivity index (χ0v) is 20.5. The van der Waals surface area contributed by atoms with Gasteiger partial charge in [0.05, 0.1) is 6.54 Å². The number of aliphatic imine (C=N–C) groups is 1. The fourth-order valence-electron chi connectivity index (χ4n) is 3.61. The van der Waals surface area contributed by atoms with Gasteiger partial charge in [0.25, 0.3) is 0 Å². The quantitative estimate of drug-likeness (QED) is 0.283. The minimum Gasteiger partial charge on any atom is -0.358 e. The van der Waals surface area contributed by atoms with E-state index in [0.717, 1.165) is 49.3 Å². The third kappa shape index (κ3) is 6.88. The molecule has 2 fully saturated rings. The second-order valence-corrected chi connectivity index (χ2v) is 8.25. The number of benzene rings is 1. The van der Waals surface area contributed by atoms with E-state index >= 15 is 0 Å². The molecular formula is C20H31BrIN5O. The largest absolute Gasteiger partial charge is 0.358 e. The number of guanidine groups is 1. The zero-order chi connectivity index (χ0) is 19.2. The Labute approximate surface area is 193 Å². The van der Waals surface area contributed by atoms with Crippen LogP contribution in [0, 0.1) is 0 Å². The molecule has 2 atom stereocenters. The van der Waals surface area contributed by atoms with Gasteiger partial charge >= 0.3 is 0 Å². The molecule has 3 rings (SSSR count). The Morgan fingerprint density at radius 3 is 2.50 bits per heavy atom. The van der Waals surface area contributed by atoms with E-state index in [1.807, 2.05) is 0 Å². The number of nitrogens with zero attached hydrogens (tertiary/aromatic N) is 2. The number of piperidine rings is 1. The number of carbonyl (C=O) groups excluding carboxylic acids is 1. The van der Waals surface area contributed by atoms with E-state index in [1.54, 1.807) is 7.05 Å². The molecule has 3 N–H and O–H groups in total. The maximum Gasteiger partial charge on any atom is 0.233 e. The smallest absolute Gasteiger partial charge is 0.233 e. The van der Waals surface area contributed by atoms with Gasteiger partial charge in [0.1, 0.15) is 0 Å². The van der Waals surface area contributed by atoms with Gasteiger partial charge in [-0.3, -0.25) is 14.7 Å². The molecule has 2 aliphatic rings. The highest BCUT2D eigenvalue weighted by molar-refractivity contribution is 14.0. The summed E-state index contributed by atoms with van der Waals surface area (Å²) < 4.78 is 1.12. The number of carbonyl (C=O) groups is 1. The fourth-order valence-corrected chi connectivity index (χ4v) is 3.87. The van der Waals surface area contributed by atoms with Gasteiger partial charge in [0.15, 0.2) is 5.96 Å². The van der Waals surface area contributed by atoms with Crippen LogP contribution in [-0.2, 0) is 4.79 Å². The lowest BCUT2D eigenvalue weighted by molar-refractivity contribution is -0.122. The average molecular weight is 564 g/mol. The molecule has 2 unspecified atom stereocenters. The second kappa shape index (κ2) is 11.3. The molecule has 0 radical (unpaired) electrons. The van der Waals surface area contributed by atoms with Crippen molar-refractivity contribution in [2.75, 3.05) is 33.2 Å². The number of amides is 1. The van der Waals surface area contributed by atoms with Crippen molar-refractivity contribution in [3.05, 3.63) is 34.3 Å². The number of halogens is 2. The molecule has 1 saturated heterocycles. The molecule has 28 heavy (non-hydrogen) atoms. The molecule has 1 aliphatic carbocycles. The van der Waals surface area contributed by atoms with Crippen molar-refractivity contribution in [2.24, 2.45) is 4.99 Å². The molecule has 0 spiro atoms. The van der Waals surface area contributed by atoms with Gasteiger partial charge in [-0.15, -0.1) is 24.0 Å². The molecule has 1 saturated carbocycles. The third-order valence-corrected chi connectivity index (χ3v) is 5.83. The van der Waals surface area contributed by atoms with Gasteiger partial charge in [-0.1, -0.05) is 28.1 Å². The molecule has 156 valence electrons. The van der Waals surface area contributed by atoms with Gasteiger partial charge < -0.3 is 16.0 Å². The Morgan fingerprint density at radius 1 is 1.21 bits per heavy atom. The molecule has 1 aliphatic heterocycles. The Kier molecular flexibility index (Phi) is 9.49. The Hall–Kier alpha value is -0.870. The lowest BCUT2D eigenvalue weighted by atomic mass is 10.1. The van der Waals surface area contributed by atoms with Crippen molar-refractivity contribution in [2.45, 2.75) is 44.2 Å². The molecule has 1 amide bonds. The number of likely N-dealkylation sites (N-methyl/N-ethyl adjacent to an activating group) is 1. The van der Waals surface area contributed by atoms with Crippen LogP contribution in [0.4, 0.5) is 0 Å². The minimum absolute atomic E-state index is 0. The standard InChI is InChI=1S/C20H30BrN5O.HI/c1-3-23-20(24-16-8-10-26(11-9-16)13-19(27)22-2)25-18-12-17(18)14-4-6-15(21)7-5-14;/h4-7,16-18H,3,8-13H2,1-2H3,(H,22,27)(H2,23,24,25);1H. The van der Waals surface area contributed by atoms with Crippen molar-refractivity contribution in [3.63, 3.8) is 0 Å². The summed E-state index contributed by atoms with van der Waals surface area (Å²) in [6.45, 7) is 5.20. The van der Waals surface area contributed by atoms with E-state index in [4.69, 9.17) is 0 Å². The highest BCUT2D eigenvalue weighted by atomic mass is 127. The van der Waals surface area contributed by atoms with Crippen LogP contribution in [0.3, 0.4) is 0 Å². The zero-order valence-electron chi connectivity index (χ0n) is 16.6. The number of likely N-dealkylation sites (tertiary alicyclic amines) is 1. The summed E-state index contributed by atoms with van der Waals surface area (Å²) in [6, 6.07) is 9.48. The highest BCUT2D eigenvalue weighted by Gasteiger charge is 2.39. The van der Waals surface area contributed by atoms with Crippen LogP contribution in [0.25, 0.3) is 0 Å². The van der Waals surface area contributed by atoms with E-state index in [1.165, 1.54) is 5.56 Å². The first kappa shape index (κ1) is 23.4. The molecule has 0 bridgehead atoms. The van der Waals surface area contributed by atoms with Crippen LogP contribution in [0.15, 0.2) is 33.7 Å². The lowest BCUT2D eigenvalue weighted by Gasteiger charge is -2.32. The second-order valence-electron chi connectivity index (χ2n) is 7.34. The summed E-state index contributed by atoms with van der Waals surface area (Å²) in [5.41, 5.74) is 1.38. The van der Waals surface area contributed by atoms with Crippen molar-refractivity contribution >= 4 is 51.8 Å². The number of nitrogens with one attached hydrogen (secondary N) is 3. The van der Waals surface area contributed by atoms with Gasteiger partial charge in [-0.2, -0.15) is 0 Å². The van der Waals surface area contributed by atoms with Crippen molar-refractivity contribution in [1.29, 1.82) is 0 Å². The van der Waals surface area contributed by atoms with Crippen molar-refractivity contribution in [1.82, 2.24) is 20.9 Å². The fraction of sp³-hybridized carbons (Fsp3) is 0.600. The predicted octanol–water partition coefficient (Wildman–Crippen LogP) is 2.69. The van der Waals surface area contributed by atoms with Gasteiger partial charge in [-0.05, 0) is 43.9 Å². The van der Waals surface area contributed by atoms with E-state index in [-0.39, 0.29) is 29.9 Å². The Morgan fingerprint density at radius 2 is 1.89 bits per heavy atom. The Balaban J connectivity index is 0.00000280. The van der Waals surface area contributed by atoms with Crippen LogP contribution in [-0.4, -0.2) is 62.1 Å². The first-order valence-corrected chi connectivity index (χ1v) is 10.6. The minimum atomic E-state index is 0. The van der Waals surface area contributed by atoms with Crippen LogP contribution in [0.1, 0.15) is 37.7 Å². The maximum atomic E-state index is 11.5. The SMILES string of the molecule is CCN=C(NC1CCN(CC(=O)NC)CC1)NC1CC1c1ccc(Br)cc1.I. The molecule has 8 heteroatoms. The van der Waals surface area contributed by atoms with Gasteiger partial charge in [0.2, 0.25) is 5.91 Å². The predicted molar refractivity (Wildman–Crippen MR) is 128 cm³/mol. The summed E-state index contributed by atoms with van der Waals surface area (Å²) in [5.74, 6) is 1.58. The first-order chi connectivity index (χ1) is 13.1. The number of hydrogen-bond donors (Lipinski definition) is 3. The van der Waals surface area contributed by atoms with Gasteiger partial charge in [-0.25, -0.2) is 0 Å². The van der Waals surface area contributed by atoms with Crippen LogP contribution >= 0.6 is 39.9 Å². The highest BCUT2D eigenvalue weighted by Crippen LogP contribution is 2.41. The summed E-state index contributed by atoms with van der Waals surface area (Å²) in [5, 5.41) is 9.90. The summed E-state index contributed by atoms with van der Waals surface area (Å²) >= 11 is 3.50. The van der Waals surface area contributed by atoms with E-state index in [2.05, 4.69) is 73.0 Å². The Bertz CT molecular complexity index is 661. The lowest BCUT2D eigenvalue weighted by Crippen LogP contribution is -2.50.